The molecule has 0 bridgehead atoms. The number of benzene rings is 1. The summed E-state index contributed by atoms with van der Waals surface area (Å²) in [6, 6.07) is 7.95. The third-order valence-corrected chi connectivity index (χ3v) is 2.24. The second-order valence-corrected chi connectivity index (χ2v) is 3.28. The number of methoxy groups -OCH3 is 2. The molecule has 0 aliphatic rings. The van der Waals surface area contributed by atoms with Gasteiger partial charge in [0.15, 0.2) is 0 Å². The molecule has 0 radical (unpaired) electrons. The van der Waals surface area contributed by atoms with Gasteiger partial charge in [0.25, 0.3) is 0 Å². The molecule has 1 aromatic rings. The minimum Gasteiger partial charge on any atom is -0.469 e. The van der Waals surface area contributed by atoms with Crippen molar-refractivity contribution >= 4 is 5.97 Å². The van der Waals surface area contributed by atoms with Crippen molar-refractivity contribution in [2.45, 2.75) is 19.4 Å². The van der Waals surface area contributed by atoms with Crippen LogP contribution in [0.5, 0.6) is 0 Å². The van der Waals surface area contributed by atoms with E-state index in [0.717, 1.165) is 11.1 Å². The first-order valence-electron chi connectivity index (χ1n) is 4.90. The molecule has 15 heavy (non-hydrogen) atoms. The standard InChI is InChI=1S/C12H16O3/c1-14-9-11-6-4-3-5-10(11)7-8-12(13)15-2/h3-6H,7-9H2,1-2H3. The molecule has 0 heterocycles. The third kappa shape index (κ3) is 3.72. The molecule has 0 N–H and O–H groups in total. The zero-order valence-corrected chi connectivity index (χ0v) is 9.16. The number of carbonyl (C=O) groups is 1. The highest BCUT2D eigenvalue weighted by atomic mass is 16.5. The maximum Gasteiger partial charge on any atom is 0.305 e. The molecule has 0 saturated carbocycles. The van der Waals surface area contributed by atoms with Gasteiger partial charge in [-0.15, -0.1) is 0 Å². The lowest BCUT2D eigenvalue weighted by molar-refractivity contribution is -0.140. The number of esters is 1. The lowest BCUT2D eigenvalue weighted by Crippen LogP contribution is -2.04. The molecule has 0 aliphatic carbocycles. The van der Waals surface area contributed by atoms with Gasteiger partial charge < -0.3 is 9.47 Å². The maximum atomic E-state index is 11.0. The summed E-state index contributed by atoms with van der Waals surface area (Å²) >= 11 is 0. The summed E-state index contributed by atoms with van der Waals surface area (Å²) in [4.78, 5) is 11.0. The molecule has 0 unspecified atom stereocenters. The molecule has 1 aromatic carbocycles. The van der Waals surface area contributed by atoms with Gasteiger partial charge in [0, 0.05) is 13.5 Å². The highest BCUT2D eigenvalue weighted by Gasteiger charge is 2.05. The molecular weight excluding hydrogens is 192 g/mol. The molecule has 0 aromatic heterocycles. The zero-order valence-electron chi connectivity index (χ0n) is 9.16. The minimum absolute atomic E-state index is 0.179. The van der Waals surface area contributed by atoms with Crippen molar-refractivity contribution in [1.29, 1.82) is 0 Å². The largest absolute Gasteiger partial charge is 0.469 e. The van der Waals surface area contributed by atoms with Crippen LogP contribution in [-0.2, 0) is 27.3 Å². The highest BCUT2D eigenvalue weighted by molar-refractivity contribution is 5.69. The second-order valence-electron chi connectivity index (χ2n) is 3.28. The van der Waals surface area contributed by atoms with E-state index in [1.54, 1.807) is 7.11 Å². The number of rotatable bonds is 5. The van der Waals surface area contributed by atoms with E-state index in [9.17, 15) is 4.79 Å². The molecular formula is C12H16O3. The van der Waals surface area contributed by atoms with Crippen molar-refractivity contribution in [3.05, 3.63) is 35.4 Å². The summed E-state index contributed by atoms with van der Waals surface area (Å²) in [5.74, 6) is -0.179. The smallest absolute Gasteiger partial charge is 0.305 e. The fraction of sp³-hybridized carbons (Fsp3) is 0.417. The zero-order chi connectivity index (χ0) is 11.1. The van der Waals surface area contributed by atoms with Gasteiger partial charge in [-0.05, 0) is 17.5 Å². The topological polar surface area (TPSA) is 35.5 Å². The summed E-state index contributed by atoms with van der Waals surface area (Å²) in [6.45, 7) is 0.581. The van der Waals surface area contributed by atoms with Crippen LogP contribution in [0.4, 0.5) is 0 Å². The van der Waals surface area contributed by atoms with Crippen LogP contribution in [0.25, 0.3) is 0 Å². The van der Waals surface area contributed by atoms with E-state index in [1.165, 1.54) is 7.11 Å². The molecule has 0 fully saturated rings. The van der Waals surface area contributed by atoms with Crippen LogP contribution in [0, 0.1) is 0 Å². The first-order valence-corrected chi connectivity index (χ1v) is 4.90. The van der Waals surface area contributed by atoms with Gasteiger partial charge in [0.1, 0.15) is 0 Å². The Bertz CT molecular complexity index is 320. The summed E-state index contributed by atoms with van der Waals surface area (Å²) < 4.78 is 9.69. The van der Waals surface area contributed by atoms with Crippen molar-refractivity contribution in [2.24, 2.45) is 0 Å². The van der Waals surface area contributed by atoms with Gasteiger partial charge in [-0.1, -0.05) is 24.3 Å². The van der Waals surface area contributed by atoms with Crippen LogP contribution in [0.3, 0.4) is 0 Å². The Labute approximate surface area is 90.0 Å². The quantitative estimate of drug-likeness (QED) is 0.694. The van der Waals surface area contributed by atoms with E-state index < -0.39 is 0 Å². The van der Waals surface area contributed by atoms with Gasteiger partial charge in [0.05, 0.1) is 13.7 Å². The molecule has 0 atom stereocenters. The SMILES string of the molecule is COCc1ccccc1CCC(=O)OC. The van der Waals surface area contributed by atoms with Gasteiger partial charge in [-0.2, -0.15) is 0 Å². The van der Waals surface area contributed by atoms with Crippen molar-refractivity contribution in [3.63, 3.8) is 0 Å². The predicted octanol–water partition coefficient (Wildman–Crippen LogP) is 1.94. The predicted molar refractivity (Wildman–Crippen MR) is 57.5 cm³/mol. The van der Waals surface area contributed by atoms with Crippen LogP contribution in [0.2, 0.25) is 0 Å². The normalized spacial score (nSPS) is 10.0. The van der Waals surface area contributed by atoms with E-state index in [-0.39, 0.29) is 5.97 Å². The Hall–Kier alpha value is -1.35. The number of hydrogen-bond donors (Lipinski definition) is 0. The maximum absolute atomic E-state index is 11.0. The van der Waals surface area contributed by atoms with Crippen LogP contribution in [-0.4, -0.2) is 20.2 Å². The Kier molecular flexibility index (Phi) is 4.84. The van der Waals surface area contributed by atoms with Crippen molar-refractivity contribution < 1.29 is 14.3 Å². The van der Waals surface area contributed by atoms with E-state index in [4.69, 9.17) is 4.74 Å². The minimum atomic E-state index is -0.179. The van der Waals surface area contributed by atoms with Crippen molar-refractivity contribution in [3.8, 4) is 0 Å². The van der Waals surface area contributed by atoms with E-state index >= 15 is 0 Å². The fourth-order valence-electron chi connectivity index (χ4n) is 1.44. The average Bonchev–Trinajstić information content (AvgIpc) is 2.28. The van der Waals surface area contributed by atoms with E-state index in [2.05, 4.69) is 4.74 Å². The molecule has 3 heteroatoms. The first kappa shape index (κ1) is 11.7. The molecule has 82 valence electrons. The van der Waals surface area contributed by atoms with Gasteiger partial charge in [0.2, 0.25) is 0 Å². The average molecular weight is 208 g/mol. The Morgan fingerprint density at radius 3 is 2.47 bits per heavy atom. The molecule has 0 spiro atoms. The van der Waals surface area contributed by atoms with Crippen LogP contribution in [0.15, 0.2) is 24.3 Å². The van der Waals surface area contributed by atoms with Crippen molar-refractivity contribution in [1.82, 2.24) is 0 Å². The van der Waals surface area contributed by atoms with Gasteiger partial charge in [-0.25, -0.2) is 0 Å². The number of ether oxygens (including phenoxy) is 2. The number of aryl methyl sites for hydroxylation is 1. The lowest BCUT2D eigenvalue weighted by atomic mass is 10.0. The molecule has 1 rings (SSSR count). The number of carbonyl (C=O) groups excluding carboxylic acids is 1. The summed E-state index contributed by atoms with van der Waals surface area (Å²) in [7, 11) is 3.07. The lowest BCUT2D eigenvalue weighted by Gasteiger charge is -2.07. The van der Waals surface area contributed by atoms with Gasteiger partial charge >= 0.3 is 5.97 Å². The Balaban J connectivity index is 2.62. The Morgan fingerprint density at radius 1 is 1.20 bits per heavy atom. The summed E-state index contributed by atoms with van der Waals surface area (Å²) in [5.41, 5.74) is 2.27. The molecule has 0 amide bonds. The highest BCUT2D eigenvalue weighted by Crippen LogP contribution is 2.12. The third-order valence-electron chi connectivity index (χ3n) is 2.24. The van der Waals surface area contributed by atoms with Crippen LogP contribution >= 0.6 is 0 Å². The summed E-state index contributed by atoms with van der Waals surface area (Å²) in [6.07, 6.45) is 1.11. The molecule has 0 saturated heterocycles. The van der Waals surface area contributed by atoms with Gasteiger partial charge in [-0.3, -0.25) is 4.79 Å². The Morgan fingerprint density at radius 2 is 1.87 bits per heavy atom. The number of hydrogen-bond acceptors (Lipinski definition) is 3. The fourth-order valence-corrected chi connectivity index (χ4v) is 1.44. The second kappa shape index (κ2) is 6.19. The molecule has 3 nitrogen and oxygen atoms in total. The molecule has 0 aliphatic heterocycles. The van der Waals surface area contributed by atoms with Crippen molar-refractivity contribution in [2.75, 3.05) is 14.2 Å². The monoisotopic (exact) mass is 208 g/mol. The van der Waals surface area contributed by atoms with E-state index in [0.29, 0.717) is 19.4 Å². The van der Waals surface area contributed by atoms with Crippen LogP contribution < -0.4 is 0 Å². The first-order chi connectivity index (χ1) is 7.27. The van der Waals surface area contributed by atoms with E-state index in [1.807, 2.05) is 24.3 Å². The van der Waals surface area contributed by atoms with Crippen LogP contribution in [0.1, 0.15) is 17.5 Å². The summed E-state index contributed by atoms with van der Waals surface area (Å²) in [5, 5.41) is 0.